The predicted octanol–water partition coefficient (Wildman–Crippen LogP) is 3.96. The van der Waals surface area contributed by atoms with E-state index in [1.54, 1.807) is 24.3 Å². The molecule has 0 aliphatic heterocycles. The minimum Gasteiger partial charge on any atom is -0.493 e. The van der Waals surface area contributed by atoms with Crippen molar-refractivity contribution in [3.8, 4) is 11.5 Å². The van der Waals surface area contributed by atoms with E-state index in [9.17, 15) is 4.79 Å². The van der Waals surface area contributed by atoms with Crippen molar-refractivity contribution in [1.82, 2.24) is 4.57 Å². The summed E-state index contributed by atoms with van der Waals surface area (Å²) in [5.74, 6) is 0.511. The predicted molar refractivity (Wildman–Crippen MR) is 104 cm³/mol. The molecular formula is C20H20N2O3S. The topological polar surface area (TPSA) is 52.8 Å². The lowest BCUT2D eigenvalue weighted by molar-refractivity contribution is 0.0994. The van der Waals surface area contributed by atoms with E-state index in [1.165, 1.54) is 25.6 Å². The second-order valence-electron chi connectivity index (χ2n) is 5.71. The number of thiazole rings is 1. The number of para-hydroxylation sites is 1. The zero-order valence-electron chi connectivity index (χ0n) is 15.0. The van der Waals surface area contributed by atoms with Crippen molar-refractivity contribution in [3.05, 3.63) is 65.0 Å². The molecule has 2 aromatic carbocycles. The molecule has 0 unspecified atom stereocenters. The smallest absolute Gasteiger partial charge is 0.283 e. The molecule has 1 amide bonds. The summed E-state index contributed by atoms with van der Waals surface area (Å²) in [4.78, 5) is 17.8. The number of methoxy groups -OCH3 is 2. The van der Waals surface area contributed by atoms with Crippen LogP contribution in [0.4, 0.5) is 0 Å². The van der Waals surface area contributed by atoms with Gasteiger partial charge in [-0.15, -0.1) is 6.58 Å². The van der Waals surface area contributed by atoms with Crippen LogP contribution in [0, 0.1) is 6.92 Å². The Morgan fingerprint density at radius 2 is 2.08 bits per heavy atom. The Morgan fingerprint density at radius 1 is 1.27 bits per heavy atom. The molecule has 0 fully saturated rings. The monoisotopic (exact) mass is 368 g/mol. The van der Waals surface area contributed by atoms with Gasteiger partial charge in [-0.05, 0) is 36.8 Å². The summed E-state index contributed by atoms with van der Waals surface area (Å²) in [6.45, 7) is 6.42. The SMILES string of the molecule is C=CCn1c(=NC(=O)c2cccc(OC)c2OC)sc2cc(C)ccc21. The number of carbonyl (C=O) groups excluding carboxylic acids is 1. The van der Waals surface area contributed by atoms with Gasteiger partial charge in [0, 0.05) is 6.54 Å². The third-order valence-corrected chi connectivity index (χ3v) is 5.02. The van der Waals surface area contributed by atoms with Gasteiger partial charge in [0.05, 0.1) is 30.0 Å². The molecular weight excluding hydrogens is 348 g/mol. The van der Waals surface area contributed by atoms with Crippen LogP contribution in [0.1, 0.15) is 15.9 Å². The van der Waals surface area contributed by atoms with Crippen molar-refractivity contribution in [1.29, 1.82) is 0 Å². The van der Waals surface area contributed by atoms with Crippen LogP contribution in [-0.2, 0) is 6.54 Å². The van der Waals surface area contributed by atoms with Gasteiger partial charge < -0.3 is 14.0 Å². The minimum atomic E-state index is -0.373. The molecule has 0 spiro atoms. The maximum Gasteiger partial charge on any atom is 0.283 e. The summed E-state index contributed by atoms with van der Waals surface area (Å²) in [5, 5.41) is 0. The number of amides is 1. The standard InChI is InChI=1S/C20H20N2O3S/c1-5-11-22-15-10-9-13(2)12-17(15)26-20(22)21-19(23)14-7-6-8-16(24-3)18(14)25-4/h5-10,12H,1,11H2,2-4H3. The molecule has 0 N–H and O–H groups in total. The zero-order chi connectivity index (χ0) is 18.7. The van der Waals surface area contributed by atoms with Crippen molar-refractivity contribution >= 4 is 27.5 Å². The first kappa shape index (κ1) is 17.9. The van der Waals surface area contributed by atoms with Gasteiger partial charge in [0.2, 0.25) is 0 Å². The van der Waals surface area contributed by atoms with Crippen LogP contribution >= 0.6 is 11.3 Å². The summed E-state index contributed by atoms with van der Waals surface area (Å²) < 4.78 is 13.7. The Labute approximate surface area is 155 Å². The quantitative estimate of drug-likeness (QED) is 0.641. The normalized spacial score (nSPS) is 11.6. The molecule has 0 atom stereocenters. The van der Waals surface area contributed by atoms with E-state index in [0.29, 0.717) is 28.4 Å². The number of nitrogens with zero attached hydrogens (tertiary/aromatic N) is 2. The van der Waals surface area contributed by atoms with Gasteiger partial charge in [-0.1, -0.05) is 29.5 Å². The van der Waals surface area contributed by atoms with Crippen molar-refractivity contribution in [3.63, 3.8) is 0 Å². The first-order valence-electron chi connectivity index (χ1n) is 8.10. The van der Waals surface area contributed by atoms with Crippen molar-refractivity contribution in [2.45, 2.75) is 13.5 Å². The van der Waals surface area contributed by atoms with Gasteiger partial charge in [0.15, 0.2) is 16.3 Å². The molecule has 3 aromatic rings. The number of hydrogen-bond donors (Lipinski definition) is 0. The minimum absolute atomic E-state index is 0.366. The molecule has 5 nitrogen and oxygen atoms in total. The van der Waals surface area contributed by atoms with Gasteiger partial charge >= 0.3 is 0 Å². The fourth-order valence-electron chi connectivity index (χ4n) is 2.77. The van der Waals surface area contributed by atoms with Crippen molar-refractivity contribution in [2.24, 2.45) is 4.99 Å². The number of fused-ring (bicyclic) bond motifs is 1. The van der Waals surface area contributed by atoms with E-state index in [0.717, 1.165) is 15.8 Å². The van der Waals surface area contributed by atoms with Gasteiger partial charge in [-0.25, -0.2) is 0 Å². The number of carbonyl (C=O) groups is 1. The molecule has 0 radical (unpaired) electrons. The Hall–Kier alpha value is -2.86. The van der Waals surface area contributed by atoms with E-state index in [-0.39, 0.29) is 5.91 Å². The summed E-state index contributed by atoms with van der Waals surface area (Å²) in [6.07, 6.45) is 1.79. The number of ether oxygens (including phenoxy) is 2. The highest BCUT2D eigenvalue weighted by Crippen LogP contribution is 2.31. The molecule has 26 heavy (non-hydrogen) atoms. The summed E-state index contributed by atoms with van der Waals surface area (Å²) in [6, 6.07) is 11.4. The van der Waals surface area contributed by atoms with Gasteiger partial charge in [0.25, 0.3) is 5.91 Å². The van der Waals surface area contributed by atoms with E-state index in [4.69, 9.17) is 9.47 Å². The van der Waals surface area contributed by atoms with Crippen LogP contribution in [-0.4, -0.2) is 24.7 Å². The lowest BCUT2D eigenvalue weighted by atomic mass is 10.2. The average molecular weight is 368 g/mol. The maximum absolute atomic E-state index is 12.8. The summed E-state index contributed by atoms with van der Waals surface area (Å²) in [5.41, 5.74) is 2.56. The van der Waals surface area contributed by atoms with E-state index >= 15 is 0 Å². The first-order valence-corrected chi connectivity index (χ1v) is 8.91. The van der Waals surface area contributed by atoms with Crippen LogP contribution < -0.4 is 14.3 Å². The number of aromatic nitrogens is 1. The molecule has 0 saturated carbocycles. The Balaban J connectivity index is 2.17. The van der Waals surface area contributed by atoms with E-state index in [1.807, 2.05) is 23.6 Å². The van der Waals surface area contributed by atoms with E-state index < -0.39 is 0 Å². The number of allylic oxidation sites excluding steroid dienone is 1. The number of benzene rings is 2. The van der Waals surface area contributed by atoms with E-state index in [2.05, 4.69) is 17.6 Å². The maximum atomic E-state index is 12.8. The Bertz CT molecular complexity index is 1050. The first-order chi connectivity index (χ1) is 12.6. The average Bonchev–Trinajstić information content (AvgIpc) is 2.97. The molecule has 0 aliphatic rings. The fraction of sp³-hybridized carbons (Fsp3) is 0.200. The highest BCUT2D eigenvalue weighted by atomic mass is 32.1. The highest BCUT2D eigenvalue weighted by molar-refractivity contribution is 7.16. The zero-order valence-corrected chi connectivity index (χ0v) is 15.8. The Kier molecular flexibility index (Phi) is 5.23. The van der Waals surface area contributed by atoms with Gasteiger partial charge in [0.1, 0.15) is 0 Å². The van der Waals surface area contributed by atoms with Crippen molar-refractivity contribution < 1.29 is 14.3 Å². The molecule has 134 valence electrons. The molecule has 6 heteroatoms. The van der Waals surface area contributed by atoms with Crippen LogP contribution in [0.5, 0.6) is 11.5 Å². The molecule has 0 bridgehead atoms. The molecule has 0 aliphatic carbocycles. The molecule has 3 rings (SSSR count). The highest BCUT2D eigenvalue weighted by Gasteiger charge is 2.16. The number of hydrogen-bond acceptors (Lipinski definition) is 4. The van der Waals surface area contributed by atoms with Crippen LogP contribution in [0.25, 0.3) is 10.2 Å². The number of aryl methyl sites for hydroxylation is 1. The second-order valence-corrected chi connectivity index (χ2v) is 6.72. The summed E-state index contributed by atoms with van der Waals surface area (Å²) >= 11 is 1.48. The van der Waals surface area contributed by atoms with Crippen LogP contribution in [0.2, 0.25) is 0 Å². The van der Waals surface area contributed by atoms with Crippen LogP contribution in [0.3, 0.4) is 0 Å². The fourth-order valence-corrected chi connectivity index (χ4v) is 3.91. The molecule has 0 saturated heterocycles. The van der Waals surface area contributed by atoms with Crippen LogP contribution in [0.15, 0.2) is 54.0 Å². The molecule has 1 heterocycles. The van der Waals surface area contributed by atoms with Gasteiger partial charge in [-0.2, -0.15) is 4.99 Å². The third-order valence-electron chi connectivity index (χ3n) is 3.98. The Morgan fingerprint density at radius 3 is 2.77 bits per heavy atom. The summed E-state index contributed by atoms with van der Waals surface area (Å²) in [7, 11) is 3.05. The second kappa shape index (κ2) is 7.58. The molecule has 1 aromatic heterocycles. The largest absolute Gasteiger partial charge is 0.493 e. The lowest BCUT2D eigenvalue weighted by Gasteiger charge is -2.09. The number of rotatable bonds is 5. The van der Waals surface area contributed by atoms with Crippen molar-refractivity contribution in [2.75, 3.05) is 14.2 Å². The third kappa shape index (κ3) is 3.28. The lowest BCUT2D eigenvalue weighted by Crippen LogP contribution is -2.16. The van der Waals surface area contributed by atoms with Gasteiger partial charge in [-0.3, -0.25) is 4.79 Å².